The van der Waals surface area contributed by atoms with Crippen LogP contribution in [0.15, 0.2) is 24.3 Å². The first-order valence-electron chi connectivity index (χ1n) is 11.0. The Morgan fingerprint density at radius 3 is 2.59 bits per heavy atom. The van der Waals surface area contributed by atoms with Crippen LogP contribution in [-0.2, 0) is 4.79 Å². The molecule has 1 aromatic carbocycles. The molecule has 4 N–H and O–H groups in total. The number of aliphatic hydroxyl groups is 2. The SMILES string of the molecule is O=C(NC[C@@H](O)CO)C1CC=C(c2ccc(OCC3CCN(C(=O)O)CC3)c(F)c2)CC1. The van der Waals surface area contributed by atoms with E-state index in [1.807, 2.05) is 12.1 Å². The highest BCUT2D eigenvalue weighted by Gasteiger charge is 2.24. The minimum atomic E-state index is -0.963. The van der Waals surface area contributed by atoms with Gasteiger partial charge in [0.25, 0.3) is 0 Å². The summed E-state index contributed by atoms with van der Waals surface area (Å²) in [6.07, 6.45) is 3.28. The average Bonchev–Trinajstić information content (AvgIpc) is 2.81. The third kappa shape index (κ3) is 6.43. The third-order valence-electron chi connectivity index (χ3n) is 6.17. The van der Waals surface area contributed by atoms with Gasteiger partial charge in [0.1, 0.15) is 0 Å². The van der Waals surface area contributed by atoms with Gasteiger partial charge in [-0.2, -0.15) is 0 Å². The minimum absolute atomic E-state index is 0.0216. The molecule has 2 aliphatic rings. The molecule has 8 nitrogen and oxygen atoms in total. The number of hydrogen-bond donors (Lipinski definition) is 4. The number of nitrogens with one attached hydrogen (secondary N) is 1. The quantitative estimate of drug-likeness (QED) is 0.482. The first-order chi connectivity index (χ1) is 15.4. The molecular formula is C23H31FN2O6. The van der Waals surface area contributed by atoms with Gasteiger partial charge in [-0.25, -0.2) is 9.18 Å². The van der Waals surface area contributed by atoms with E-state index in [1.54, 1.807) is 6.07 Å². The van der Waals surface area contributed by atoms with Crippen molar-refractivity contribution in [1.29, 1.82) is 0 Å². The van der Waals surface area contributed by atoms with Gasteiger partial charge < -0.3 is 30.3 Å². The molecule has 0 spiro atoms. The molecule has 9 heteroatoms. The molecular weight excluding hydrogens is 419 g/mol. The smallest absolute Gasteiger partial charge is 0.407 e. The summed E-state index contributed by atoms with van der Waals surface area (Å²) >= 11 is 0. The van der Waals surface area contributed by atoms with Crippen molar-refractivity contribution in [2.24, 2.45) is 11.8 Å². The molecule has 0 aromatic heterocycles. The van der Waals surface area contributed by atoms with Crippen molar-refractivity contribution in [3.05, 3.63) is 35.7 Å². The summed E-state index contributed by atoms with van der Waals surface area (Å²) in [4.78, 5) is 24.5. The Labute approximate surface area is 186 Å². The largest absolute Gasteiger partial charge is 0.490 e. The molecule has 2 atom stereocenters. The summed E-state index contributed by atoms with van der Waals surface area (Å²) in [5.41, 5.74) is 1.75. The standard InChI is InChI=1S/C23H31FN2O6/c24-20-11-18(16-1-3-17(4-2-16)22(29)25-12-19(28)13-27)5-6-21(20)32-14-15-7-9-26(10-8-15)23(30)31/h1,5-6,11,15,17,19,27-28H,2-4,7-10,12-14H2,(H,25,29)(H,30,31)/t17?,19-/m1/s1. The van der Waals surface area contributed by atoms with Crippen molar-refractivity contribution in [3.8, 4) is 5.75 Å². The van der Waals surface area contributed by atoms with Crippen LogP contribution in [0.1, 0.15) is 37.7 Å². The van der Waals surface area contributed by atoms with Crippen LogP contribution in [0.25, 0.3) is 5.57 Å². The van der Waals surface area contributed by atoms with Gasteiger partial charge in [0.2, 0.25) is 5.91 Å². The number of allylic oxidation sites excluding steroid dienone is 2. The number of hydrogen-bond acceptors (Lipinski definition) is 5. The Hall–Kier alpha value is -2.65. The molecule has 3 rings (SSSR count). The lowest BCUT2D eigenvalue weighted by molar-refractivity contribution is -0.125. The Balaban J connectivity index is 1.49. The Morgan fingerprint density at radius 2 is 2.00 bits per heavy atom. The second-order valence-corrected chi connectivity index (χ2v) is 8.45. The van der Waals surface area contributed by atoms with Gasteiger partial charge in [-0.1, -0.05) is 12.1 Å². The number of amides is 2. The van der Waals surface area contributed by atoms with E-state index in [0.717, 1.165) is 11.1 Å². The summed E-state index contributed by atoms with van der Waals surface area (Å²) in [5.74, 6) is -0.413. The predicted molar refractivity (Wildman–Crippen MR) is 116 cm³/mol. The number of nitrogens with zero attached hydrogens (tertiary/aromatic N) is 1. The van der Waals surface area contributed by atoms with E-state index in [1.165, 1.54) is 11.0 Å². The zero-order valence-electron chi connectivity index (χ0n) is 18.0. The molecule has 0 saturated carbocycles. The van der Waals surface area contributed by atoms with Crippen LogP contribution < -0.4 is 10.1 Å². The summed E-state index contributed by atoms with van der Waals surface area (Å²) in [7, 11) is 0. The minimum Gasteiger partial charge on any atom is -0.490 e. The number of rotatable bonds is 8. The highest BCUT2D eigenvalue weighted by Crippen LogP contribution is 2.32. The Morgan fingerprint density at radius 1 is 1.25 bits per heavy atom. The van der Waals surface area contributed by atoms with Gasteiger partial charge in [-0.05, 0) is 61.3 Å². The molecule has 1 aliphatic carbocycles. The van der Waals surface area contributed by atoms with Crippen molar-refractivity contribution in [2.45, 2.75) is 38.2 Å². The number of aliphatic hydroxyl groups excluding tert-OH is 2. The van der Waals surface area contributed by atoms with Crippen LogP contribution in [0.5, 0.6) is 5.75 Å². The fraction of sp³-hybridized carbons (Fsp3) is 0.565. The van der Waals surface area contributed by atoms with Gasteiger partial charge in [0.15, 0.2) is 11.6 Å². The lowest BCUT2D eigenvalue weighted by Crippen LogP contribution is -2.38. The van der Waals surface area contributed by atoms with Crippen molar-refractivity contribution in [2.75, 3.05) is 32.8 Å². The van der Waals surface area contributed by atoms with Crippen LogP contribution in [0.4, 0.5) is 9.18 Å². The van der Waals surface area contributed by atoms with Gasteiger partial charge in [0.05, 0.1) is 19.3 Å². The average molecular weight is 451 g/mol. The van der Waals surface area contributed by atoms with E-state index in [0.29, 0.717) is 51.8 Å². The van der Waals surface area contributed by atoms with Crippen LogP contribution in [0.3, 0.4) is 0 Å². The van der Waals surface area contributed by atoms with Crippen LogP contribution >= 0.6 is 0 Å². The highest BCUT2D eigenvalue weighted by atomic mass is 19.1. The maximum Gasteiger partial charge on any atom is 0.407 e. The fourth-order valence-corrected chi connectivity index (χ4v) is 4.08. The van der Waals surface area contributed by atoms with Gasteiger partial charge >= 0.3 is 6.09 Å². The molecule has 1 unspecified atom stereocenters. The molecule has 32 heavy (non-hydrogen) atoms. The van der Waals surface area contributed by atoms with E-state index >= 15 is 0 Å². The topological polar surface area (TPSA) is 119 Å². The van der Waals surface area contributed by atoms with Crippen molar-refractivity contribution in [3.63, 3.8) is 0 Å². The number of carbonyl (C=O) groups is 2. The molecule has 1 fully saturated rings. The second kappa shape index (κ2) is 11.3. The Bertz CT molecular complexity index is 838. The molecule has 0 radical (unpaired) electrons. The van der Waals surface area contributed by atoms with Gasteiger partial charge in [0, 0.05) is 25.6 Å². The third-order valence-corrected chi connectivity index (χ3v) is 6.17. The van der Waals surface area contributed by atoms with E-state index in [4.69, 9.17) is 14.9 Å². The highest BCUT2D eigenvalue weighted by molar-refractivity contribution is 5.80. The molecule has 1 saturated heterocycles. The first kappa shape index (κ1) is 24.0. The lowest BCUT2D eigenvalue weighted by atomic mass is 9.86. The normalized spacial score (nSPS) is 20.4. The van der Waals surface area contributed by atoms with Crippen LogP contribution in [0, 0.1) is 17.7 Å². The summed E-state index contributed by atoms with van der Waals surface area (Å²) < 4.78 is 20.3. The maximum absolute atomic E-state index is 14.6. The number of piperidine rings is 1. The maximum atomic E-state index is 14.6. The molecule has 2 amide bonds. The lowest BCUT2D eigenvalue weighted by Gasteiger charge is -2.29. The van der Waals surface area contributed by atoms with E-state index in [9.17, 15) is 19.1 Å². The molecule has 0 bridgehead atoms. The molecule has 176 valence electrons. The first-order valence-corrected chi connectivity index (χ1v) is 11.0. The van der Waals surface area contributed by atoms with E-state index in [-0.39, 0.29) is 30.0 Å². The predicted octanol–water partition coefficient (Wildman–Crippen LogP) is 2.25. The van der Waals surface area contributed by atoms with E-state index in [2.05, 4.69) is 5.32 Å². The van der Waals surface area contributed by atoms with Crippen molar-refractivity contribution < 1.29 is 34.0 Å². The summed E-state index contributed by atoms with van der Waals surface area (Å²) in [5, 5.41) is 29.8. The Kier molecular flexibility index (Phi) is 8.46. The van der Waals surface area contributed by atoms with Gasteiger partial charge in [-0.3, -0.25) is 4.79 Å². The van der Waals surface area contributed by atoms with Crippen LogP contribution in [0.2, 0.25) is 0 Å². The number of halogens is 1. The second-order valence-electron chi connectivity index (χ2n) is 8.45. The van der Waals surface area contributed by atoms with Crippen molar-refractivity contribution in [1.82, 2.24) is 10.2 Å². The zero-order valence-corrected chi connectivity index (χ0v) is 18.0. The number of carboxylic acid groups (broad SMARTS) is 1. The van der Waals surface area contributed by atoms with Crippen molar-refractivity contribution >= 4 is 17.6 Å². The number of likely N-dealkylation sites (tertiary alicyclic amines) is 1. The number of carbonyl (C=O) groups excluding carboxylic acids is 1. The number of ether oxygens (including phenoxy) is 1. The van der Waals surface area contributed by atoms with E-state index < -0.39 is 24.6 Å². The summed E-state index contributed by atoms with van der Waals surface area (Å²) in [6, 6.07) is 4.88. The summed E-state index contributed by atoms with van der Waals surface area (Å²) in [6.45, 7) is 0.923. The molecule has 1 heterocycles. The molecule has 1 aromatic rings. The van der Waals surface area contributed by atoms with Crippen LogP contribution in [-0.4, -0.2) is 71.2 Å². The zero-order chi connectivity index (χ0) is 23.1. The fourth-order valence-electron chi connectivity index (χ4n) is 4.08. The number of benzene rings is 1. The monoisotopic (exact) mass is 450 g/mol. The molecule has 1 aliphatic heterocycles. The van der Waals surface area contributed by atoms with Gasteiger partial charge in [-0.15, -0.1) is 0 Å².